The highest BCUT2D eigenvalue weighted by molar-refractivity contribution is 7.13. The van der Waals surface area contributed by atoms with Crippen molar-refractivity contribution >= 4 is 23.3 Å². The van der Waals surface area contributed by atoms with Gasteiger partial charge in [-0.15, -0.1) is 11.3 Å². The Morgan fingerprint density at radius 2 is 2.00 bits per heavy atom. The van der Waals surface area contributed by atoms with E-state index in [1.165, 1.54) is 16.2 Å². The topological polar surface area (TPSA) is 74.8 Å². The lowest BCUT2D eigenvalue weighted by molar-refractivity contribution is 0.0414. The summed E-state index contributed by atoms with van der Waals surface area (Å²) in [6.07, 6.45) is 4.28. The van der Waals surface area contributed by atoms with Crippen molar-refractivity contribution in [1.82, 2.24) is 20.1 Å². The Morgan fingerprint density at radius 1 is 1.29 bits per heavy atom. The molecule has 0 aromatic carbocycles. The van der Waals surface area contributed by atoms with Crippen molar-refractivity contribution in [2.45, 2.75) is 77.1 Å². The average molecular weight is 409 g/mol. The van der Waals surface area contributed by atoms with Crippen LogP contribution in [0.25, 0.3) is 0 Å². The third-order valence-corrected chi connectivity index (χ3v) is 6.42. The van der Waals surface area contributed by atoms with Gasteiger partial charge in [0.25, 0.3) is 5.91 Å². The quantitative estimate of drug-likeness (QED) is 0.832. The maximum absolute atomic E-state index is 13.1. The number of carbonyl (C=O) groups excluding carboxylic acids is 2. The molecule has 3 rings (SSSR count). The van der Waals surface area contributed by atoms with Crippen molar-refractivity contribution in [3.8, 4) is 0 Å². The molecule has 1 aromatic heterocycles. The number of nitrogens with zero attached hydrogens (tertiary/aromatic N) is 3. The number of thiazole rings is 1. The SMILES string of the molecule is CN1CCc2nc(C(=O)N(C)[C@H]3CCCC[C@H]3NC(=O)OC(C)(C)C)sc2C1. The predicted octanol–water partition coefficient (Wildman–Crippen LogP) is 3.04. The first kappa shape index (κ1) is 21.0. The average Bonchev–Trinajstić information content (AvgIpc) is 3.02. The number of alkyl carbamates (subject to hydrolysis) is 1. The van der Waals surface area contributed by atoms with Gasteiger partial charge in [0.2, 0.25) is 0 Å². The standard InChI is InChI=1S/C20H32N4O3S/c1-20(2,3)27-19(26)22-13-8-6-7-9-15(13)24(5)18(25)17-21-14-10-11-23(4)12-16(14)28-17/h13,15H,6-12H2,1-5H3,(H,22,26)/t13-,15+/m1/s1. The number of hydrogen-bond acceptors (Lipinski definition) is 6. The molecule has 2 aliphatic rings. The third kappa shape index (κ3) is 5.03. The predicted molar refractivity (Wildman–Crippen MR) is 110 cm³/mol. The van der Waals surface area contributed by atoms with Crippen LogP contribution < -0.4 is 5.32 Å². The van der Waals surface area contributed by atoms with Gasteiger partial charge in [-0.1, -0.05) is 12.8 Å². The Balaban J connectivity index is 1.69. The summed E-state index contributed by atoms with van der Waals surface area (Å²) >= 11 is 1.51. The zero-order valence-corrected chi connectivity index (χ0v) is 18.4. The van der Waals surface area contributed by atoms with Crippen LogP contribution >= 0.6 is 11.3 Å². The summed E-state index contributed by atoms with van der Waals surface area (Å²) < 4.78 is 5.41. The van der Waals surface area contributed by atoms with Crippen LogP contribution in [-0.2, 0) is 17.7 Å². The molecule has 2 heterocycles. The molecule has 0 radical (unpaired) electrons. The minimum atomic E-state index is -0.539. The number of fused-ring (bicyclic) bond motifs is 1. The normalized spacial score (nSPS) is 23.0. The van der Waals surface area contributed by atoms with Gasteiger partial charge in [-0.2, -0.15) is 0 Å². The third-order valence-electron chi connectivity index (χ3n) is 5.35. The molecule has 0 bridgehead atoms. The Hall–Kier alpha value is -1.67. The second kappa shape index (κ2) is 8.37. The molecule has 7 nitrogen and oxygen atoms in total. The van der Waals surface area contributed by atoms with Gasteiger partial charge < -0.3 is 19.9 Å². The van der Waals surface area contributed by atoms with Gasteiger partial charge in [-0.05, 0) is 40.7 Å². The van der Waals surface area contributed by atoms with Crippen LogP contribution in [-0.4, -0.2) is 65.1 Å². The zero-order valence-electron chi connectivity index (χ0n) is 17.6. The lowest BCUT2D eigenvalue weighted by atomic mass is 9.89. The van der Waals surface area contributed by atoms with E-state index in [1.54, 1.807) is 4.90 Å². The van der Waals surface area contributed by atoms with Gasteiger partial charge in [0.05, 0.1) is 17.8 Å². The van der Waals surface area contributed by atoms with Crippen LogP contribution in [0, 0.1) is 0 Å². The number of aromatic nitrogens is 1. The summed E-state index contributed by atoms with van der Waals surface area (Å²) in [6.45, 7) is 7.38. The first-order valence-electron chi connectivity index (χ1n) is 10.1. The summed E-state index contributed by atoms with van der Waals surface area (Å²) in [5.74, 6) is -0.0510. The molecule has 8 heteroatoms. The van der Waals surface area contributed by atoms with Crippen molar-refractivity contribution in [1.29, 1.82) is 0 Å². The highest BCUT2D eigenvalue weighted by Crippen LogP contribution is 2.28. The number of carbonyl (C=O) groups is 2. The molecule has 1 aliphatic carbocycles. The van der Waals surface area contributed by atoms with Crippen LogP contribution in [0.2, 0.25) is 0 Å². The molecule has 0 spiro atoms. The molecule has 1 saturated carbocycles. The van der Waals surface area contributed by atoms with Crippen molar-refractivity contribution in [3.63, 3.8) is 0 Å². The summed E-state index contributed by atoms with van der Waals surface area (Å²) in [6, 6.07) is -0.143. The number of amides is 2. The monoisotopic (exact) mass is 408 g/mol. The summed E-state index contributed by atoms with van der Waals surface area (Å²) in [5.41, 5.74) is 0.523. The minimum Gasteiger partial charge on any atom is -0.444 e. The Kier molecular flexibility index (Phi) is 6.29. The highest BCUT2D eigenvalue weighted by Gasteiger charge is 2.34. The van der Waals surface area contributed by atoms with Gasteiger partial charge in [0.1, 0.15) is 5.60 Å². The molecular formula is C20H32N4O3S. The van der Waals surface area contributed by atoms with Crippen molar-refractivity contribution in [2.75, 3.05) is 20.6 Å². The Bertz CT molecular complexity index is 728. The molecule has 2 amide bonds. The maximum Gasteiger partial charge on any atom is 0.407 e. The molecule has 1 N–H and O–H groups in total. The minimum absolute atomic E-state index is 0.0441. The van der Waals surface area contributed by atoms with Gasteiger partial charge in [0, 0.05) is 31.4 Å². The van der Waals surface area contributed by atoms with Crippen LogP contribution in [0.1, 0.15) is 66.8 Å². The van der Waals surface area contributed by atoms with Crippen molar-refractivity contribution < 1.29 is 14.3 Å². The highest BCUT2D eigenvalue weighted by atomic mass is 32.1. The second-order valence-electron chi connectivity index (χ2n) is 8.90. The smallest absolute Gasteiger partial charge is 0.407 e. The Labute approximate surface area is 171 Å². The van der Waals surface area contributed by atoms with Gasteiger partial charge in [-0.25, -0.2) is 9.78 Å². The molecule has 1 aliphatic heterocycles. The molecule has 28 heavy (non-hydrogen) atoms. The van der Waals surface area contributed by atoms with Crippen LogP contribution in [0.15, 0.2) is 0 Å². The van der Waals surface area contributed by atoms with E-state index in [1.807, 2.05) is 27.8 Å². The summed E-state index contributed by atoms with van der Waals surface area (Å²) in [7, 11) is 3.92. The number of likely N-dealkylation sites (N-methyl/N-ethyl adjacent to an activating group) is 2. The fraction of sp³-hybridized carbons (Fsp3) is 0.750. The number of ether oxygens (including phenoxy) is 1. The van der Waals surface area contributed by atoms with Gasteiger partial charge in [-0.3, -0.25) is 4.79 Å². The molecule has 0 saturated heterocycles. The molecule has 1 aromatic rings. The lowest BCUT2D eigenvalue weighted by Crippen LogP contribution is -2.54. The Morgan fingerprint density at radius 3 is 2.71 bits per heavy atom. The zero-order chi connectivity index (χ0) is 20.5. The lowest BCUT2D eigenvalue weighted by Gasteiger charge is -2.38. The van der Waals surface area contributed by atoms with E-state index in [0.717, 1.165) is 50.9 Å². The van der Waals surface area contributed by atoms with Crippen molar-refractivity contribution in [3.05, 3.63) is 15.6 Å². The first-order chi connectivity index (χ1) is 13.1. The summed E-state index contributed by atoms with van der Waals surface area (Å²) in [4.78, 5) is 35.2. The van der Waals surface area contributed by atoms with Gasteiger partial charge in [0.15, 0.2) is 5.01 Å². The molecule has 1 fully saturated rings. The second-order valence-corrected chi connectivity index (χ2v) is 9.98. The van der Waals surface area contributed by atoms with Gasteiger partial charge >= 0.3 is 6.09 Å². The number of nitrogens with one attached hydrogen (secondary N) is 1. The fourth-order valence-corrected chi connectivity index (χ4v) is 5.09. The molecule has 156 valence electrons. The van der Waals surface area contributed by atoms with Crippen molar-refractivity contribution in [2.24, 2.45) is 0 Å². The summed E-state index contributed by atoms with van der Waals surface area (Å²) in [5, 5.41) is 3.55. The molecule has 0 unspecified atom stereocenters. The van der Waals surface area contributed by atoms with E-state index < -0.39 is 11.7 Å². The first-order valence-corrected chi connectivity index (χ1v) is 10.9. The van der Waals surface area contributed by atoms with Crippen LogP contribution in [0.3, 0.4) is 0 Å². The van der Waals surface area contributed by atoms with E-state index >= 15 is 0 Å². The molecular weight excluding hydrogens is 376 g/mol. The number of rotatable bonds is 3. The van der Waals surface area contributed by atoms with E-state index in [-0.39, 0.29) is 18.0 Å². The fourth-order valence-electron chi connectivity index (χ4n) is 3.92. The number of hydrogen-bond donors (Lipinski definition) is 1. The van der Waals surface area contributed by atoms with E-state index in [2.05, 4.69) is 22.2 Å². The molecule has 2 atom stereocenters. The van der Waals surface area contributed by atoms with E-state index in [4.69, 9.17) is 4.74 Å². The largest absolute Gasteiger partial charge is 0.444 e. The van der Waals surface area contributed by atoms with E-state index in [9.17, 15) is 9.59 Å². The van der Waals surface area contributed by atoms with Crippen LogP contribution in [0.4, 0.5) is 4.79 Å². The van der Waals surface area contributed by atoms with Crippen LogP contribution in [0.5, 0.6) is 0 Å². The maximum atomic E-state index is 13.1. The van der Waals surface area contributed by atoms with E-state index in [0.29, 0.717) is 5.01 Å².